The maximum absolute atomic E-state index is 8.92. The number of nitrogens with zero attached hydrogens (tertiary/aromatic N) is 2. The standard InChI is InChI=1S/C12H15ClN2O/c1-15(2)7-4-8-16-12-6-3-5-11(13)10(12)9-14/h3,5-6H,4,7-8H2,1-2H3. The molecule has 0 atom stereocenters. The minimum absolute atomic E-state index is 0.411. The molecule has 1 rings (SSSR count). The molecule has 4 heteroatoms. The molecule has 1 aromatic carbocycles. The van der Waals surface area contributed by atoms with Gasteiger partial charge in [0, 0.05) is 6.54 Å². The number of hydrogen-bond donors (Lipinski definition) is 0. The van der Waals surface area contributed by atoms with Gasteiger partial charge in [-0.1, -0.05) is 17.7 Å². The second kappa shape index (κ2) is 6.37. The Kier molecular flexibility index (Phi) is 5.10. The second-order valence-corrected chi connectivity index (χ2v) is 4.14. The summed E-state index contributed by atoms with van der Waals surface area (Å²) in [6, 6.07) is 7.28. The molecule has 16 heavy (non-hydrogen) atoms. The van der Waals surface area contributed by atoms with Crippen molar-refractivity contribution in [2.75, 3.05) is 27.2 Å². The average Bonchev–Trinajstić information content (AvgIpc) is 2.24. The predicted octanol–water partition coefficient (Wildman–Crippen LogP) is 2.54. The molecule has 0 amide bonds. The molecule has 1 aromatic rings. The monoisotopic (exact) mass is 238 g/mol. The SMILES string of the molecule is CN(C)CCCOc1cccc(Cl)c1C#N. The van der Waals surface area contributed by atoms with Crippen LogP contribution in [-0.4, -0.2) is 32.1 Å². The molecule has 0 unspecified atom stereocenters. The highest BCUT2D eigenvalue weighted by atomic mass is 35.5. The Labute approximate surface area is 101 Å². The minimum atomic E-state index is 0.411. The number of halogens is 1. The van der Waals surface area contributed by atoms with Gasteiger partial charge in [-0.05, 0) is 32.6 Å². The zero-order valence-corrected chi connectivity index (χ0v) is 10.3. The van der Waals surface area contributed by atoms with Crippen molar-refractivity contribution < 1.29 is 4.74 Å². The van der Waals surface area contributed by atoms with Crippen LogP contribution in [0.1, 0.15) is 12.0 Å². The highest BCUT2D eigenvalue weighted by Crippen LogP contribution is 2.25. The Morgan fingerprint density at radius 2 is 2.19 bits per heavy atom. The lowest BCUT2D eigenvalue weighted by Crippen LogP contribution is -2.15. The van der Waals surface area contributed by atoms with Crippen molar-refractivity contribution >= 4 is 11.6 Å². The van der Waals surface area contributed by atoms with Crippen LogP contribution in [0.5, 0.6) is 5.75 Å². The van der Waals surface area contributed by atoms with Crippen LogP contribution in [0, 0.1) is 11.3 Å². The molecule has 0 N–H and O–H groups in total. The van der Waals surface area contributed by atoms with E-state index in [1.807, 2.05) is 20.2 Å². The summed E-state index contributed by atoms with van der Waals surface area (Å²) in [4.78, 5) is 2.09. The number of rotatable bonds is 5. The summed E-state index contributed by atoms with van der Waals surface area (Å²) >= 11 is 5.88. The van der Waals surface area contributed by atoms with Crippen LogP contribution in [0.25, 0.3) is 0 Å². The Bertz CT molecular complexity index is 385. The lowest BCUT2D eigenvalue weighted by Gasteiger charge is -2.11. The van der Waals surface area contributed by atoms with Crippen molar-refractivity contribution in [1.29, 1.82) is 5.26 Å². The van der Waals surface area contributed by atoms with Crippen LogP contribution < -0.4 is 4.74 Å². The third-order valence-corrected chi connectivity index (χ3v) is 2.41. The normalized spacial score (nSPS) is 10.2. The average molecular weight is 239 g/mol. The van der Waals surface area contributed by atoms with E-state index in [4.69, 9.17) is 21.6 Å². The lowest BCUT2D eigenvalue weighted by molar-refractivity contribution is 0.281. The summed E-state index contributed by atoms with van der Waals surface area (Å²) in [6.07, 6.45) is 0.921. The summed E-state index contributed by atoms with van der Waals surface area (Å²) < 4.78 is 5.53. The van der Waals surface area contributed by atoms with Crippen molar-refractivity contribution in [3.63, 3.8) is 0 Å². The highest BCUT2D eigenvalue weighted by molar-refractivity contribution is 6.31. The zero-order chi connectivity index (χ0) is 12.0. The molecular weight excluding hydrogens is 224 g/mol. The molecule has 3 nitrogen and oxygen atoms in total. The van der Waals surface area contributed by atoms with Gasteiger partial charge < -0.3 is 9.64 Å². The highest BCUT2D eigenvalue weighted by Gasteiger charge is 2.06. The van der Waals surface area contributed by atoms with Gasteiger partial charge >= 0.3 is 0 Å². The first-order valence-corrected chi connectivity index (χ1v) is 5.49. The fourth-order valence-corrected chi connectivity index (χ4v) is 1.50. The molecule has 0 radical (unpaired) electrons. The largest absolute Gasteiger partial charge is 0.492 e. The van der Waals surface area contributed by atoms with E-state index in [-0.39, 0.29) is 0 Å². The smallest absolute Gasteiger partial charge is 0.138 e. The van der Waals surface area contributed by atoms with Gasteiger partial charge in [0.15, 0.2) is 0 Å². The van der Waals surface area contributed by atoms with E-state index in [9.17, 15) is 0 Å². The summed E-state index contributed by atoms with van der Waals surface area (Å²) in [5.74, 6) is 0.564. The molecule has 0 aromatic heterocycles. The van der Waals surface area contributed by atoms with Gasteiger partial charge in [0.25, 0.3) is 0 Å². The van der Waals surface area contributed by atoms with Gasteiger partial charge in [0.05, 0.1) is 11.6 Å². The van der Waals surface area contributed by atoms with Crippen LogP contribution >= 0.6 is 11.6 Å². The Balaban J connectivity index is 2.54. The topological polar surface area (TPSA) is 36.3 Å². The maximum Gasteiger partial charge on any atom is 0.138 e. The first-order chi connectivity index (χ1) is 7.65. The van der Waals surface area contributed by atoms with Crippen molar-refractivity contribution in [3.8, 4) is 11.8 Å². The van der Waals surface area contributed by atoms with Crippen molar-refractivity contribution in [2.24, 2.45) is 0 Å². The third kappa shape index (κ3) is 3.73. The fraction of sp³-hybridized carbons (Fsp3) is 0.417. The van der Waals surface area contributed by atoms with Crippen LogP contribution in [0.15, 0.2) is 18.2 Å². The van der Waals surface area contributed by atoms with Crippen molar-refractivity contribution in [1.82, 2.24) is 4.90 Å². The number of hydrogen-bond acceptors (Lipinski definition) is 3. The van der Waals surface area contributed by atoms with Crippen molar-refractivity contribution in [3.05, 3.63) is 28.8 Å². The minimum Gasteiger partial charge on any atom is -0.492 e. The van der Waals surface area contributed by atoms with Gasteiger partial charge in [-0.25, -0.2) is 0 Å². The van der Waals surface area contributed by atoms with E-state index in [1.54, 1.807) is 18.2 Å². The number of nitriles is 1. The summed E-state index contributed by atoms with van der Waals surface area (Å²) in [6.45, 7) is 1.55. The van der Waals surface area contributed by atoms with Crippen LogP contribution in [0.2, 0.25) is 5.02 Å². The van der Waals surface area contributed by atoms with Gasteiger partial charge in [0.1, 0.15) is 17.4 Å². The molecule has 0 aliphatic carbocycles. The first-order valence-electron chi connectivity index (χ1n) is 5.11. The van der Waals surface area contributed by atoms with E-state index < -0.39 is 0 Å². The Hall–Kier alpha value is -1.24. The van der Waals surface area contributed by atoms with Gasteiger partial charge in [-0.3, -0.25) is 0 Å². The Morgan fingerprint density at radius 1 is 1.44 bits per heavy atom. The lowest BCUT2D eigenvalue weighted by atomic mass is 10.2. The predicted molar refractivity (Wildman–Crippen MR) is 64.8 cm³/mol. The summed E-state index contributed by atoms with van der Waals surface area (Å²) in [5.41, 5.74) is 0.411. The molecule has 0 saturated carbocycles. The van der Waals surface area contributed by atoms with E-state index in [0.29, 0.717) is 22.9 Å². The van der Waals surface area contributed by atoms with Crippen LogP contribution in [0.3, 0.4) is 0 Å². The maximum atomic E-state index is 8.92. The molecule has 0 aliphatic rings. The molecule has 0 aliphatic heterocycles. The molecule has 0 bridgehead atoms. The van der Waals surface area contributed by atoms with Crippen LogP contribution in [-0.2, 0) is 0 Å². The van der Waals surface area contributed by atoms with E-state index >= 15 is 0 Å². The molecule has 86 valence electrons. The molecular formula is C12H15ClN2O. The van der Waals surface area contributed by atoms with E-state index in [2.05, 4.69) is 4.90 Å². The van der Waals surface area contributed by atoms with Crippen LogP contribution in [0.4, 0.5) is 0 Å². The van der Waals surface area contributed by atoms with E-state index in [0.717, 1.165) is 13.0 Å². The Morgan fingerprint density at radius 3 is 2.81 bits per heavy atom. The second-order valence-electron chi connectivity index (χ2n) is 3.73. The number of benzene rings is 1. The summed E-state index contributed by atoms with van der Waals surface area (Å²) in [5, 5.41) is 9.36. The first kappa shape index (κ1) is 12.8. The van der Waals surface area contributed by atoms with Gasteiger partial charge in [0.2, 0.25) is 0 Å². The van der Waals surface area contributed by atoms with E-state index in [1.165, 1.54) is 0 Å². The van der Waals surface area contributed by atoms with Gasteiger partial charge in [-0.15, -0.1) is 0 Å². The number of ether oxygens (including phenoxy) is 1. The molecule has 0 fully saturated rings. The van der Waals surface area contributed by atoms with Gasteiger partial charge in [-0.2, -0.15) is 5.26 Å². The third-order valence-electron chi connectivity index (χ3n) is 2.09. The van der Waals surface area contributed by atoms with Crippen molar-refractivity contribution in [2.45, 2.75) is 6.42 Å². The quantitative estimate of drug-likeness (QED) is 0.740. The zero-order valence-electron chi connectivity index (χ0n) is 9.53. The fourth-order valence-electron chi connectivity index (χ4n) is 1.30. The summed E-state index contributed by atoms with van der Waals surface area (Å²) in [7, 11) is 4.03. The molecule has 0 spiro atoms. The molecule has 0 heterocycles. The molecule has 0 saturated heterocycles.